The van der Waals surface area contributed by atoms with Gasteiger partial charge in [0.05, 0.1) is 13.7 Å². The highest BCUT2D eigenvalue weighted by molar-refractivity contribution is 9.10. The van der Waals surface area contributed by atoms with Crippen LogP contribution in [0.4, 0.5) is 5.69 Å². The third kappa shape index (κ3) is 2.99. The largest absolute Gasteiger partial charge is 0.495 e. The van der Waals surface area contributed by atoms with Gasteiger partial charge in [-0.15, -0.1) is 0 Å². The number of anilines is 1. The Bertz CT molecular complexity index is 677. The summed E-state index contributed by atoms with van der Waals surface area (Å²) in [4.78, 5) is 13.2. The van der Waals surface area contributed by atoms with Gasteiger partial charge in [-0.05, 0) is 28.1 Å². The van der Waals surface area contributed by atoms with Crippen LogP contribution < -0.4 is 10.5 Å². The molecule has 116 valence electrons. The number of piperazine rings is 1. The summed E-state index contributed by atoms with van der Waals surface area (Å²) in [6, 6.07) is 2.83. The molecule has 1 aliphatic heterocycles. The van der Waals surface area contributed by atoms with Gasteiger partial charge in [0.2, 0.25) is 15.9 Å². The number of nitrogens with two attached hydrogens (primary N) is 1. The van der Waals surface area contributed by atoms with Crippen molar-refractivity contribution in [1.82, 2.24) is 9.21 Å². The highest BCUT2D eigenvalue weighted by Gasteiger charge is 2.33. The molecule has 0 unspecified atom stereocenters. The van der Waals surface area contributed by atoms with Crippen molar-refractivity contribution in [2.45, 2.75) is 4.90 Å². The molecule has 1 saturated heterocycles. The highest BCUT2D eigenvalue weighted by atomic mass is 79.9. The Morgan fingerprint density at radius 3 is 2.57 bits per heavy atom. The molecule has 0 saturated carbocycles. The van der Waals surface area contributed by atoms with Gasteiger partial charge in [-0.25, -0.2) is 8.42 Å². The van der Waals surface area contributed by atoms with Gasteiger partial charge in [0, 0.05) is 30.3 Å². The van der Waals surface area contributed by atoms with Crippen LogP contribution in [-0.4, -0.2) is 57.3 Å². The predicted octanol–water partition coefficient (Wildman–Crippen LogP) is 0.503. The van der Waals surface area contributed by atoms with Gasteiger partial charge < -0.3 is 15.4 Å². The summed E-state index contributed by atoms with van der Waals surface area (Å²) in [5.41, 5.74) is 6.05. The third-order valence-corrected chi connectivity index (χ3v) is 5.88. The molecule has 0 spiro atoms. The van der Waals surface area contributed by atoms with Gasteiger partial charge in [-0.2, -0.15) is 4.31 Å². The Labute approximate surface area is 131 Å². The van der Waals surface area contributed by atoms with Crippen LogP contribution in [-0.2, 0) is 14.8 Å². The number of nitrogens with zero attached hydrogens (tertiary/aromatic N) is 2. The number of nitrogen functional groups attached to an aromatic ring is 1. The minimum atomic E-state index is -3.84. The van der Waals surface area contributed by atoms with Crippen LogP contribution in [0.1, 0.15) is 0 Å². The van der Waals surface area contributed by atoms with E-state index in [1.165, 1.54) is 24.1 Å². The van der Waals surface area contributed by atoms with E-state index in [0.717, 1.165) is 4.31 Å². The van der Waals surface area contributed by atoms with Crippen molar-refractivity contribution in [2.75, 3.05) is 39.5 Å². The molecule has 1 aliphatic rings. The molecule has 1 aromatic carbocycles. The second kappa shape index (κ2) is 5.82. The molecular weight excluding hydrogens is 362 g/mol. The number of carbonyl (C=O) groups is 1. The van der Waals surface area contributed by atoms with Gasteiger partial charge in [0.15, 0.2) is 0 Å². The van der Waals surface area contributed by atoms with Crippen molar-refractivity contribution < 1.29 is 17.9 Å². The normalized spacial score (nSPS) is 17.1. The van der Waals surface area contributed by atoms with Crippen molar-refractivity contribution in [1.29, 1.82) is 0 Å². The minimum Gasteiger partial charge on any atom is -0.495 e. The number of carbonyl (C=O) groups excluding carboxylic acids is 1. The SMILES string of the molecule is COc1cc(Br)c(N)cc1S(=O)(=O)N1CCN(C)C(=O)C1. The molecule has 2 N–H and O–H groups in total. The van der Waals surface area contributed by atoms with Crippen LogP contribution in [0, 0.1) is 0 Å². The second-order valence-corrected chi connectivity index (χ2v) is 7.44. The number of hydrogen-bond acceptors (Lipinski definition) is 5. The second-order valence-electron chi connectivity index (χ2n) is 4.68. The Hall–Kier alpha value is -1.32. The first-order chi connectivity index (χ1) is 9.77. The molecular formula is C12H16BrN3O4S. The van der Waals surface area contributed by atoms with Crippen LogP contribution in [0.15, 0.2) is 21.5 Å². The van der Waals surface area contributed by atoms with E-state index >= 15 is 0 Å². The van der Waals surface area contributed by atoms with Gasteiger partial charge in [0.1, 0.15) is 10.6 Å². The summed E-state index contributed by atoms with van der Waals surface area (Å²) < 4.78 is 32.2. The van der Waals surface area contributed by atoms with Gasteiger partial charge >= 0.3 is 0 Å². The van der Waals surface area contributed by atoms with E-state index in [-0.39, 0.29) is 35.3 Å². The summed E-state index contributed by atoms with van der Waals surface area (Å²) >= 11 is 3.23. The quantitative estimate of drug-likeness (QED) is 0.774. The lowest BCUT2D eigenvalue weighted by molar-refractivity contribution is -0.132. The minimum absolute atomic E-state index is 0.0388. The molecule has 2 rings (SSSR count). The zero-order chi connectivity index (χ0) is 15.8. The van der Waals surface area contributed by atoms with Crippen molar-refractivity contribution in [3.8, 4) is 5.75 Å². The fourth-order valence-corrected chi connectivity index (χ4v) is 3.87. The molecule has 1 amide bonds. The molecule has 7 nitrogen and oxygen atoms in total. The first-order valence-electron chi connectivity index (χ1n) is 6.14. The molecule has 9 heteroatoms. The Kier molecular flexibility index (Phi) is 4.45. The molecule has 0 bridgehead atoms. The van der Waals surface area contributed by atoms with Crippen LogP contribution >= 0.6 is 15.9 Å². The van der Waals surface area contributed by atoms with Crippen LogP contribution in [0.5, 0.6) is 5.75 Å². The van der Waals surface area contributed by atoms with Gasteiger partial charge in [-0.3, -0.25) is 4.79 Å². The van der Waals surface area contributed by atoms with Gasteiger partial charge in [0.25, 0.3) is 0 Å². The first kappa shape index (κ1) is 16.1. The number of likely N-dealkylation sites (N-methyl/N-ethyl adjacent to an activating group) is 1. The smallest absolute Gasteiger partial charge is 0.247 e. The topological polar surface area (TPSA) is 92.9 Å². The predicted molar refractivity (Wildman–Crippen MR) is 81.5 cm³/mol. The number of amides is 1. The summed E-state index contributed by atoms with van der Waals surface area (Å²) in [6.07, 6.45) is 0. The average Bonchev–Trinajstić information content (AvgIpc) is 2.44. The Morgan fingerprint density at radius 1 is 1.33 bits per heavy atom. The van der Waals surface area contributed by atoms with Crippen LogP contribution in [0.25, 0.3) is 0 Å². The van der Waals surface area contributed by atoms with E-state index in [0.29, 0.717) is 11.0 Å². The fraction of sp³-hybridized carbons (Fsp3) is 0.417. The first-order valence-corrected chi connectivity index (χ1v) is 8.38. The number of sulfonamides is 1. The molecule has 0 aliphatic carbocycles. The number of rotatable bonds is 3. The molecule has 1 aromatic rings. The summed E-state index contributed by atoms with van der Waals surface area (Å²) in [6.45, 7) is 0.411. The van der Waals surface area contributed by atoms with Crippen molar-refractivity contribution in [2.24, 2.45) is 0 Å². The maximum Gasteiger partial charge on any atom is 0.247 e. The summed E-state index contributed by atoms with van der Waals surface area (Å²) in [5.74, 6) is -0.0590. The molecule has 1 fully saturated rings. The van der Waals surface area contributed by atoms with E-state index in [9.17, 15) is 13.2 Å². The van der Waals surface area contributed by atoms with E-state index < -0.39 is 10.0 Å². The lowest BCUT2D eigenvalue weighted by atomic mass is 10.3. The number of halogens is 1. The number of benzene rings is 1. The lowest BCUT2D eigenvalue weighted by Crippen LogP contribution is -2.50. The lowest BCUT2D eigenvalue weighted by Gasteiger charge is -2.31. The van der Waals surface area contributed by atoms with Crippen molar-refractivity contribution in [3.05, 3.63) is 16.6 Å². The van der Waals surface area contributed by atoms with E-state index in [2.05, 4.69) is 15.9 Å². The highest BCUT2D eigenvalue weighted by Crippen LogP contribution is 2.34. The standard InChI is InChI=1S/C12H16BrN3O4S/c1-15-3-4-16(7-12(15)17)21(18,19)11-6-9(14)8(13)5-10(11)20-2/h5-6H,3-4,7,14H2,1-2H3. The molecule has 0 aromatic heterocycles. The summed E-state index contributed by atoms with van der Waals surface area (Å²) in [5, 5.41) is 0. The number of ether oxygens (including phenoxy) is 1. The molecule has 0 radical (unpaired) electrons. The van der Waals surface area contributed by atoms with Crippen molar-refractivity contribution in [3.63, 3.8) is 0 Å². The fourth-order valence-electron chi connectivity index (χ4n) is 1.99. The van der Waals surface area contributed by atoms with Crippen molar-refractivity contribution >= 4 is 37.5 Å². The molecule has 0 atom stereocenters. The maximum atomic E-state index is 12.7. The summed E-state index contributed by atoms with van der Waals surface area (Å²) in [7, 11) is -0.816. The zero-order valence-electron chi connectivity index (χ0n) is 11.7. The van der Waals surface area contributed by atoms with Gasteiger partial charge in [-0.1, -0.05) is 0 Å². The van der Waals surface area contributed by atoms with Crippen LogP contribution in [0.3, 0.4) is 0 Å². The monoisotopic (exact) mass is 377 g/mol. The Balaban J connectivity index is 2.45. The number of hydrogen-bond donors (Lipinski definition) is 1. The van der Waals surface area contributed by atoms with E-state index in [1.54, 1.807) is 7.05 Å². The molecule has 1 heterocycles. The van der Waals surface area contributed by atoms with E-state index in [4.69, 9.17) is 10.5 Å². The Morgan fingerprint density at radius 2 is 2.00 bits per heavy atom. The third-order valence-electron chi connectivity index (χ3n) is 3.32. The zero-order valence-corrected chi connectivity index (χ0v) is 14.1. The molecule has 21 heavy (non-hydrogen) atoms. The average molecular weight is 378 g/mol. The van der Waals surface area contributed by atoms with Crippen LogP contribution in [0.2, 0.25) is 0 Å². The maximum absolute atomic E-state index is 12.7. The van der Waals surface area contributed by atoms with E-state index in [1.807, 2.05) is 0 Å². The number of methoxy groups -OCH3 is 1.